The van der Waals surface area contributed by atoms with E-state index in [0.29, 0.717) is 5.56 Å². The summed E-state index contributed by atoms with van der Waals surface area (Å²) in [5.41, 5.74) is 29.0. The number of rotatable bonds is 8. The van der Waals surface area contributed by atoms with Crippen LogP contribution in [0.4, 0.5) is 34.1 Å². The summed E-state index contributed by atoms with van der Waals surface area (Å²) in [6, 6.07) is 89.5. The molecule has 13 aromatic carbocycles. The predicted molar refractivity (Wildman–Crippen MR) is 463 cm³/mol. The molecule has 107 heavy (non-hydrogen) atoms. The molecule has 0 atom stereocenters. The molecule has 2 aromatic heterocycles. The summed E-state index contributed by atoms with van der Waals surface area (Å²) in [5, 5.41) is 4.55. The molecule has 2 aliphatic heterocycles. The van der Waals surface area contributed by atoms with Crippen molar-refractivity contribution in [3.63, 3.8) is 0 Å². The largest absolute Gasteiger partial charge is 0.310 e. The molecule has 2 aliphatic rings. The maximum Gasteiger partial charge on any atom is 0.252 e. The number of anilines is 6. The van der Waals surface area contributed by atoms with Crippen LogP contribution in [0.5, 0.6) is 0 Å². The van der Waals surface area contributed by atoms with E-state index in [-0.39, 0.29) is 56.8 Å². The molecule has 4 heterocycles. The van der Waals surface area contributed by atoms with Gasteiger partial charge in [0, 0.05) is 61.1 Å². The smallest absolute Gasteiger partial charge is 0.252 e. The zero-order chi connectivity index (χ0) is 79.1. The van der Waals surface area contributed by atoms with Crippen molar-refractivity contribution in [2.75, 3.05) is 9.80 Å². The lowest BCUT2D eigenvalue weighted by Crippen LogP contribution is -2.61. The average Bonchev–Trinajstić information content (AvgIpc) is 1.13. The molecule has 0 unspecified atom stereocenters. The highest BCUT2D eigenvalue weighted by Gasteiger charge is 2.46. The zero-order valence-electron chi connectivity index (χ0n) is 70.5. The fraction of sp³-hybridized carbons (Fsp3) is 0.235. The minimum atomic E-state index is -0.430. The second kappa shape index (κ2) is 24.9. The molecule has 0 radical (unpaired) electrons. The van der Waals surface area contributed by atoms with Crippen molar-refractivity contribution in [3.8, 4) is 55.9 Å². The van der Waals surface area contributed by atoms with E-state index in [9.17, 15) is 5.48 Å². The van der Waals surface area contributed by atoms with Crippen LogP contribution in [0.1, 0.15) is 165 Å². The maximum atomic E-state index is 9.73. The highest BCUT2D eigenvalue weighted by atomic mass is 15.2. The Balaban J connectivity index is 1.06. The average molecular weight is 1400 g/mol. The van der Waals surface area contributed by atoms with Crippen molar-refractivity contribution in [3.05, 3.63) is 306 Å². The Morgan fingerprint density at radius 3 is 1.25 bits per heavy atom. The first-order valence-electron chi connectivity index (χ1n) is 40.8. The lowest BCUT2D eigenvalue weighted by Gasteiger charge is -2.46. The van der Waals surface area contributed by atoms with Crippen LogP contribution in [0.3, 0.4) is 0 Å². The van der Waals surface area contributed by atoms with Gasteiger partial charge in [0.05, 0.1) is 46.0 Å². The van der Waals surface area contributed by atoms with Crippen molar-refractivity contribution in [2.24, 2.45) is 0 Å². The summed E-state index contributed by atoms with van der Waals surface area (Å²) >= 11 is 0. The Morgan fingerprint density at radius 1 is 0.271 bits per heavy atom. The van der Waals surface area contributed by atoms with E-state index < -0.39 is 18.2 Å². The van der Waals surface area contributed by atoms with Crippen LogP contribution in [0.15, 0.2) is 273 Å². The summed E-state index contributed by atoms with van der Waals surface area (Å²) in [7, 11) is 0. The molecule has 0 bridgehead atoms. The second-order valence-electron chi connectivity index (χ2n) is 36.3. The molecule has 0 saturated heterocycles. The first-order chi connectivity index (χ1) is 52.9. The minimum Gasteiger partial charge on any atom is -0.310 e. The molecular weight excluding hydrogens is 1290 g/mol. The summed E-state index contributed by atoms with van der Waals surface area (Å²) < 4.78 is 51.8. The third-order valence-corrected chi connectivity index (χ3v) is 22.9. The maximum absolute atomic E-state index is 9.73. The molecule has 15 aromatic rings. The van der Waals surface area contributed by atoms with Crippen LogP contribution < -0.4 is 26.2 Å². The molecule has 0 aliphatic carbocycles. The molecule has 0 fully saturated rings. The van der Waals surface area contributed by atoms with Gasteiger partial charge in [-0.25, -0.2) is 0 Å². The molecule has 5 heteroatoms. The summed E-state index contributed by atoms with van der Waals surface area (Å²) in [5.74, 6) is 0. The van der Waals surface area contributed by atoms with E-state index in [1.807, 2.05) is 6.07 Å². The second-order valence-corrected chi connectivity index (χ2v) is 36.3. The first-order valence-corrected chi connectivity index (χ1v) is 38.3. The molecule has 0 saturated carbocycles. The first kappa shape index (κ1) is 63.4. The van der Waals surface area contributed by atoms with Gasteiger partial charge in [-0.15, -0.1) is 0 Å². The van der Waals surface area contributed by atoms with Gasteiger partial charge in [0.25, 0.3) is 6.71 Å². The Morgan fingerprint density at radius 2 is 0.729 bits per heavy atom. The minimum absolute atomic E-state index is 0.0950. The molecular formula is C102H99BN4. The number of hydrogen-bond acceptors (Lipinski definition) is 2. The summed E-state index contributed by atoms with van der Waals surface area (Å²) in [6.45, 7) is 41.2. The number of para-hydroxylation sites is 3. The van der Waals surface area contributed by atoms with Gasteiger partial charge in [0.1, 0.15) is 0 Å². The van der Waals surface area contributed by atoms with Crippen LogP contribution >= 0.6 is 0 Å². The van der Waals surface area contributed by atoms with Crippen LogP contribution in [0.2, 0.25) is 0 Å². The van der Waals surface area contributed by atoms with Crippen molar-refractivity contribution in [1.29, 1.82) is 0 Å². The van der Waals surface area contributed by atoms with Gasteiger partial charge in [-0.05, 0) is 201 Å². The van der Waals surface area contributed by atoms with E-state index in [4.69, 9.17) is 1.37 Å². The lowest BCUT2D eigenvalue weighted by molar-refractivity contribution is 0.569. The Kier molecular flexibility index (Phi) is 14.7. The van der Waals surface area contributed by atoms with Crippen molar-refractivity contribution >= 4 is 101 Å². The molecule has 0 spiro atoms. The van der Waals surface area contributed by atoms with Crippen LogP contribution in [0.25, 0.3) is 99.5 Å². The van der Waals surface area contributed by atoms with Gasteiger partial charge < -0.3 is 18.9 Å². The number of nitrogens with zero attached hydrogens (tertiary/aromatic N) is 4. The van der Waals surface area contributed by atoms with Crippen molar-refractivity contribution < 1.29 is 6.85 Å². The van der Waals surface area contributed by atoms with E-state index in [1.54, 1.807) is 0 Å². The highest BCUT2D eigenvalue weighted by Crippen LogP contribution is 2.55. The fourth-order valence-corrected chi connectivity index (χ4v) is 16.8. The van der Waals surface area contributed by atoms with Gasteiger partial charge in [0.2, 0.25) is 0 Å². The molecule has 17 rings (SSSR count). The van der Waals surface area contributed by atoms with Crippen molar-refractivity contribution in [1.82, 2.24) is 9.13 Å². The number of benzene rings is 13. The van der Waals surface area contributed by atoms with Gasteiger partial charge in [0.15, 0.2) is 0 Å². The summed E-state index contributed by atoms with van der Waals surface area (Å²) in [4.78, 5) is 5.13. The Labute approximate surface area is 642 Å². The Hall–Kier alpha value is -10.9. The molecule has 0 N–H and O–H groups in total. The van der Waals surface area contributed by atoms with Gasteiger partial charge in [-0.3, -0.25) is 0 Å². The third-order valence-electron chi connectivity index (χ3n) is 22.9. The monoisotopic (exact) mass is 1400 g/mol. The number of hydrogen-bond donors (Lipinski definition) is 0. The Bertz CT molecular complexity index is 6190. The molecule has 530 valence electrons. The normalized spacial score (nSPS) is 14.1. The van der Waals surface area contributed by atoms with Gasteiger partial charge in [-0.1, -0.05) is 313 Å². The van der Waals surface area contributed by atoms with Crippen LogP contribution in [0, 0.1) is 0 Å². The summed E-state index contributed by atoms with van der Waals surface area (Å²) in [6.07, 6.45) is 0. The van der Waals surface area contributed by atoms with E-state index >= 15 is 0 Å². The SMILES string of the molecule is [2H]c1c([2H])c([2H])c(-c2ccc3c(c2)N(c2cccc4c5cccc(-n6c7ccc(C(C)(C)C)cc7c7cc(C(C)(C)C)ccc76)c5n(-c5ccccc5)c24)c2cc(C(C)(C)C)cc4c2B3c2cc(-c3cc(C(C)(C)C)cc(C(C)(C)C)c3)ccc2N4c2c(-c3ccccc3)cc(C(C)(C)C)cc2-c2ccccc2)c([2H])c1[2H]. The fourth-order valence-electron chi connectivity index (χ4n) is 16.8. The molecule has 4 nitrogen and oxygen atoms in total. The number of aromatic nitrogens is 2. The number of fused-ring (bicyclic) bond motifs is 10. The quantitative estimate of drug-likeness (QED) is 0.141. The van der Waals surface area contributed by atoms with Gasteiger partial charge in [-0.2, -0.15) is 0 Å². The van der Waals surface area contributed by atoms with Crippen molar-refractivity contribution in [2.45, 2.75) is 157 Å². The van der Waals surface area contributed by atoms with Gasteiger partial charge >= 0.3 is 0 Å². The van der Waals surface area contributed by atoms with E-state index in [2.05, 4.69) is 380 Å². The third kappa shape index (κ3) is 11.7. The van der Waals surface area contributed by atoms with Crippen LogP contribution in [-0.4, -0.2) is 15.8 Å². The highest BCUT2D eigenvalue weighted by molar-refractivity contribution is 7.00. The topological polar surface area (TPSA) is 16.3 Å². The van der Waals surface area contributed by atoms with Crippen LogP contribution in [-0.2, 0) is 32.5 Å². The standard InChI is InChI=1S/C102H99BN4/c1-97(2,3)70-47-51-85-81(58-70)82-59-71(98(4,5)6)48-52-86(82)105(85)88-43-31-41-77-78-42-32-44-89(96(78)104(95(77)88)76-39-29-22-30-40-76)106-90-56-68(64-33-23-19-24-34-64)45-49-83(90)103-84-55-67(69-53-72(99(7,8)9)57-73(54-69)100(10,11)12)46-50-87(84)107(92-63-75(102(16,17)18)62-91(106)93(92)103)94-79(65-35-25-20-26-36-65)60-74(101(13,14)15)61-80(94)66-37-27-21-28-38-66/h19-63H,1-18H3/i19D,23D,24D,33D,34D. The van der Waals surface area contributed by atoms with E-state index in [1.165, 1.54) is 38.6 Å². The lowest BCUT2D eigenvalue weighted by atomic mass is 9.33. The zero-order valence-corrected chi connectivity index (χ0v) is 65.5. The van der Waals surface area contributed by atoms with E-state index in [0.717, 1.165) is 134 Å². The predicted octanol–water partition coefficient (Wildman–Crippen LogP) is 26.4. The molecule has 0 amide bonds.